The van der Waals surface area contributed by atoms with Gasteiger partial charge in [0.15, 0.2) is 0 Å². The Morgan fingerprint density at radius 2 is 2.16 bits per heavy atom. The quantitative estimate of drug-likeness (QED) is 0.544. The normalized spacial score (nSPS) is 21.4. The van der Waals surface area contributed by atoms with Gasteiger partial charge in [0.1, 0.15) is 18.1 Å². The van der Waals surface area contributed by atoms with Crippen LogP contribution in [0, 0.1) is 5.92 Å². The highest BCUT2D eigenvalue weighted by atomic mass is 32.2. The van der Waals surface area contributed by atoms with Crippen LogP contribution in [0.3, 0.4) is 0 Å². The van der Waals surface area contributed by atoms with E-state index in [1.807, 2.05) is 13.8 Å². The average Bonchev–Trinajstić information content (AvgIpc) is 2.84. The van der Waals surface area contributed by atoms with Gasteiger partial charge in [0.25, 0.3) is 0 Å². The van der Waals surface area contributed by atoms with Crippen LogP contribution in [-0.2, 0) is 14.3 Å². The Labute approximate surface area is 116 Å². The third kappa shape index (κ3) is 4.52. The minimum absolute atomic E-state index is 0.0108. The Morgan fingerprint density at radius 3 is 2.63 bits per heavy atom. The number of nitrogens with zero attached hydrogens (tertiary/aromatic N) is 1. The topological polar surface area (TPSA) is 87.1 Å². The zero-order valence-corrected chi connectivity index (χ0v) is 11.9. The Morgan fingerprint density at radius 1 is 1.53 bits per heavy atom. The number of rotatable bonds is 6. The summed E-state index contributed by atoms with van der Waals surface area (Å²) in [4.78, 5) is 23.9. The van der Waals surface area contributed by atoms with Crippen molar-refractivity contribution in [3.8, 4) is 0 Å². The van der Waals surface area contributed by atoms with Crippen molar-refractivity contribution in [1.82, 2.24) is 4.90 Å². The molecule has 108 valence electrons. The summed E-state index contributed by atoms with van der Waals surface area (Å²) in [5, 5.41) is 18.1. The number of carbonyl (C=O) groups is 2. The Hall–Kier alpha value is -1.05. The Bertz CT molecular complexity index is 371. The lowest BCUT2D eigenvalue weighted by molar-refractivity contribution is -0.147. The largest absolute Gasteiger partial charge is 0.480 e. The molecule has 0 amide bonds. The summed E-state index contributed by atoms with van der Waals surface area (Å²) in [6, 6.07) is 0. The number of aliphatic hydroxyl groups excluding tert-OH is 1. The van der Waals surface area contributed by atoms with E-state index in [4.69, 9.17) is 9.84 Å². The van der Waals surface area contributed by atoms with Crippen LogP contribution in [0.5, 0.6) is 0 Å². The zero-order chi connectivity index (χ0) is 14.6. The fraction of sp³-hybridized carbons (Fsp3) is 0.667. The van der Waals surface area contributed by atoms with E-state index >= 15 is 0 Å². The van der Waals surface area contributed by atoms with Gasteiger partial charge in [0.2, 0.25) is 0 Å². The van der Waals surface area contributed by atoms with E-state index in [2.05, 4.69) is 6.58 Å². The lowest BCUT2D eigenvalue weighted by Gasteiger charge is -2.21. The number of carbonyl (C=O) groups excluding carboxylic acids is 1. The van der Waals surface area contributed by atoms with Gasteiger partial charge in [-0.2, -0.15) is 0 Å². The molecule has 7 heteroatoms. The molecule has 0 spiro atoms. The first kappa shape index (κ1) is 16.0. The molecule has 2 unspecified atom stereocenters. The van der Waals surface area contributed by atoms with Crippen LogP contribution >= 0.6 is 11.8 Å². The fourth-order valence-corrected chi connectivity index (χ4v) is 2.53. The van der Waals surface area contributed by atoms with E-state index < -0.39 is 23.4 Å². The summed E-state index contributed by atoms with van der Waals surface area (Å²) < 4.78 is 4.95. The molecule has 0 saturated carbocycles. The van der Waals surface area contributed by atoms with E-state index in [0.29, 0.717) is 11.4 Å². The monoisotopic (exact) mass is 289 g/mol. The smallest absolute Gasteiger partial charge is 0.333 e. The SMILES string of the molecule is C=C(C(=O)OCC(O)N1CSC(C(=O)O)C1)C(C)C. The van der Waals surface area contributed by atoms with Crippen LogP contribution in [0.4, 0.5) is 0 Å². The number of carboxylic acid groups (broad SMARTS) is 1. The van der Waals surface area contributed by atoms with Crippen LogP contribution in [0.1, 0.15) is 13.8 Å². The van der Waals surface area contributed by atoms with Gasteiger partial charge < -0.3 is 14.9 Å². The highest BCUT2D eigenvalue weighted by Gasteiger charge is 2.32. The zero-order valence-electron chi connectivity index (χ0n) is 11.0. The van der Waals surface area contributed by atoms with Gasteiger partial charge in [0.05, 0.1) is 0 Å². The molecule has 6 nitrogen and oxygen atoms in total. The van der Waals surface area contributed by atoms with Gasteiger partial charge in [-0.05, 0) is 5.92 Å². The van der Waals surface area contributed by atoms with Crippen molar-refractivity contribution in [2.45, 2.75) is 25.3 Å². The molecular formula is C12H19NO5S. The molecule has 0 radical (unpaired) electrons. The van der Waals surface area contributed by atoms with E-state index in [1.165, 1.54) is 11.8 Å². The number of aliphatic carboxylic acids is 1. The van der Waals surface area contributed by atoms with E-state index in [9.17, 15) is 14.7 Å². The molecule has 0 aliphatic carbocycles. The van der Waals surface area contributed by atoms with Gasteiger partial charge >= 0.3 is 11.9 Å². The van der Waals surface area contributed by atoms with Crippen LogP contribution in [-0.4, -0.2) is 57.6 Å². The first-order valence-electron chi connectivity index (χ1n) is 5.95. The van der Waals surface area contributed by atoms with E-state index in [1.54, 1.807) is 4.90 Å². The molecule has 19 heavy (non-hydrogen) atoms. The number of carboxylic acids is 1. The number of thioether (sulfide) groups is 1. The fourth-order valence-electron chi connectivity index (χ4n) is 1.45. The standard InChI is InChI=1S/C12H19NO5S/c1-7(2)8(3)12(17)18-5-10(14)13-4-9(11(15)16)19-6-13/h7,9-10,14H,3-6H2,1-2H3,(H,15,16). The van der Waals surface area contributed by atoms with Crippen molar-refractivity contribution in [1.29, 1.82) is 0 Å². The molecule has 1 aliphatic heterocycles. The van der Waals surface area contributed by atoms with Crippen molar-refractivity contribution >= 4 is 23.7 Å². The van der Waals surface area contributed by atoms with Gasteiger partial charge in [-0.3, -0.25) is 9.69 Å². The summed E-state index contributed by atoms with van der Waals surface area (Å²) >= 11 is 1.24. The molecule has 1 fully saturated rings. The molecule has 1 rings (SSSR count). The maximum absolute atomic E-state index is 11.5. The Kier molecular flexibility index (Phi) is 5.84. The molecule has 0 aromatic rings. The molecule has 1 aliphatic rings. The van der Waals surface area contributed by atoms with E-state index in [0.717, 1.165) is 0 Å². The summed E-state index contributed by atoms with van der Waals surface area (Å²) in [5.74, 6) is -1.04. The highest BCUT2D eigenvalue weighted by Crippen LogP contribution is 2.24. The number of hydrogen-bond acceptors (Lipinski definition) is 6. The summed E-state index contributed by atoms with van der Waals surface area (Å²) in [7, 11) is 0. The molecule has 2 atom stereocenters. The number of hydrogen-bond donors (Lipinski definition) is 2. The predicted octanol–water partition coefficient (Wildman–Crippen LogP) is 0.520. The van der Waals surface area contributed by atoms with Crippen LogP contribution in [0.2, 0.25) is 0 Å². The third-order valence-electron chi connectivity index (χ3n) is 2.86. The van der Waals surface area contributed by atoms with Crippen LogP contribution in [0.15, 0.2) is 12.2 Å². The van der Waals surface area contributed by atoms with Crippen molar-refractivity contribution in [3.05, 3.63) is 12.2 Å². The molecule has 1 heterocycles. The average molecular weight is 289 g/mol. The van der Waals surface area contributed by atoms with Crippen molar-refractivity contribution < 1.29 is 24.5 Å². The third-order valence-corrected chi connectivity index (χ3v) is 4.10. The minimum atomic E-state index is -0.985. The van der Waals surface area contributed by atoms with E-state index in [-0.39, 0.29) is 19.1 Å². The number of esters is 1. The second kappa shape index (κ2) is 6.93. The minimum Gasteiger partial charge on any atom is -0.480 e. The van der Waals surface area contributed by atoms with Crippen molar-refractivity contribution in [2.24, 2.45) is 5.92 Å². The van der Waals surface area contributed by atoms with Crippen LogP contribution < -0.4 is 0 Å². The first-order chi connectivity index (χ1) is 8.82. The second-order valence-corrected chi connectivity index (χ2v) is 5.81. The molecule has 2 N–H and O–H groups in total. The lowest BCUT2D eigenvalue weighted by Crippen LogP contribution is -2.39. The molecule has 0 aromatic heterocycles. The first-order valence-corrected chi connectivity index (χ1v) is 7.00. The van der Waals surface area contributed by atoms with Gasteiger partial charge in [-0.25, -0.2) is 4.79 Å². The number of ether oxygens (including phenoxy) is 1. The molecular weight excluding hydrogens is 270 g/mol. The van der Waals surface area contributed by atoms with Crippen molar-refractivity contribution in [3.63, 3.8) is 0 Å². The summed E-state index contributed by atoms with van der Waals surface area (Å²) in [5.41, 5.74) is 0.353. The summed E-state index contributed by atoms with van der Waals surface area (Å²) in [6.07, 6.45) is -0.985. The second-order valence-electron chi connectivity index (χ2n) is 4.65. The summed E-state index contributed by atoms with van der Waals surface area (Å²) in [6.45, 7) is 7.33. The van der Waals surface area contributed by atoms with Gasteiger partial charge in [-0.15, -0.1) is 11.8 Å². The van der Waals surface area contributed by atoms with Gasteiger partial charge in [0, 0.05) is 18.0 Å². The van der Waals surface area contributed by atoms with Crippen molar-refractivity contribution in [2.75, 3.05) is 19.0 Å². The molecule has 0 aromatic carbocycles. The van der Waals surface area contributed by atoms with Gasteiger partial charge in [-0.1, -0.05) is 20.4 Å². The maximum Gasteiger partial charge on any atom is 0.333 e. The molecule has 0 bridgehead atoms. The maximum atomic E-state index is 11.5. The Balaban J connectivity index is 2.36. The van der Waals surface area contributed by atoms with Crippen LogP contribution in [0.25, 0.3) is 0 Å². The molecule has 1 saturated heterocycles. The predicted molar refractivity (Wildman–Crippen MR) is 71.5 cm³/mol. The lowest BCUT2D eigenvalue weighted by atomic mass is 10.1. The highest BCUT2D eigenvalue weighted by molar-refractivity contribution is 8.00. The number of aliphatic hydroxyl groups is 1.